The number of aryl methyl sites for hydroxylation is 1. The lowest BCUT2D eigenvalue weighted by Gasteiger charge is -2.35. The maximum atomic E-state index is 4.27. The highest BCUT2D eigenvalue weighted by Crippen LogP contribution is 2.18. The third-order valence-corrected chi connectivity index (χ3v) is 6.21. The lowest BCUT2D eigenvalue weighted by molar-refractivity contribution is -0.880. The first-order valence-corrected chi connectivity index (χ1v) is 12.3. The molecule has 1 nitrogen and oxygen atoms in total. The summed E-state index contributed by atoms with van der Waals surface area (Å²) < 4.78 is 1.16. The van der Waals surface area contributed by atoms with Crippen molar-refractivity contribution >= 4 is 0 Å². The van der Waals surface area contributed by atoms with Crippen LogP contribution in [-0.2, 0) is 6.42 Å². The molecular weight excluding hydrogens is 338 g/mol. The second-order valence-electron chi connectivity index (χ2n) is 8.70. The van der Waals surface area contributed by atoms with Gasteiger partial charge in [-0.05, 0) is 63.5 Å². The molecule has 0 radical (unpaired) electrons. The molecule has 0 aliphatic rings. The van der Waals surface area contributed by atoms with Crippen LogP contribution < -0.4 is 0 Å². The Kier molecular flexibility index (Phi) is 15.0. The van der Waals surface area contributed by atoms with Crippen LogP contribution in [0.2, 0.25) is 0 Å². The lowest BCUT2D eigenvalue weighted by atomic mass is 10.0. The summed E-state index contributed by atoms with van der Waals surface area (Å²) >= 11 is 0. The molecule has 0 fully saturated rings. The van der Waals surface area contributed by atoms with Crippen molar-refractivity contribution in [1.29, 1.82) is 0 Å². The average molecular weight is 387 g/mol. The topological polar surface area (TPSA) is 0 Å². The van der Waals surface area contributed by atoms with Gasteiger partial charge in [0.2, 0.25) is 0 Å². The Morgan fingerprint density at radius 2 is 1.11 bits per heavy atom. The molecule has 1 heteroatoms. The summed E-state index contributed by atoms with van der Waals surface area (Å²) in [6, 6.07) is 10.9. The maximum Gasteiger partial charge on any atom is 0.0885 e. The molecule has 0 aromatic heterocycles. The molecular formula is C27H48N+. The smallest absolute Gasteiger partial charge is 0.0885 e. The second kappa shape index (κ2) is 16.8. The van der Waals surface area contributed by atoms with Crippen LogP contribution in [0.25, 0.3) is 0 Å². The van der Waals surface area contributed by atoms with E-state index < -0.39 is 0 Å². The summed E-state index contributed by atoms with van der Waals surface area (Å²) in [6.45, 7) is 12.8. The molecule has 0 saturated heterocycles. The first-order chi connectivity index (χ1) is 13.8. The first-order valence-electron chi connectivity index (χ1n) is 12.3. The Balaban J connectivity index is 2.28. The van der Waals surface area contributed by atoms with E-state index in [0.717, 1.165) is 4.48 Å². The third kappa shape index (κ3) is 11.7. The van der Waals surface area contributed by atoms with Crippen molar-refractivity contribution in [3.63, 3.8) is 0 Å². The predicted molar refractivity (Wildman–Crippen MR) is 127 cm³/mol. The van der Waals surface area contributed by atoms with Gasteiger partial charge in [-0.25, -0.2) is 0 Å². The number of hydrogen-bond donors (Lipinski definition) is 0. The Labute approximate surface area is 176 Å². The maximum absolute atomic E-state index is 4.27. The van der Waals surface area contributed by atoms with E-state index in [1.54, 1.807) is 0 Å². The fraction of sp³-hybridized carbons (Fsp3) is 0.704. The van der Waals surface area contributed by atoms with Gasteiger partial charge in [-0.1, -0.05) is 82.7 Å². The average Bonchev–Trinajstić information content (AvgIpc) is 2.74. The summed E-state index contributed by atoms with van der Waals surface area (Å²) in [5.74, 6) is 0. The van der Waals surface area contributed by atoms with E-state index in [4.69, 9.17) is 0 Å². The molecule has 28 heavy (non-hydrogen) atoms. The van der Waals surface area contributed by atoms with E-state index in [2.05, 4.69) is 57.0 Å². The van der Waals surface area contributed by atoms with E-state index in [1.807, 2.05) is 0 Å². The molecule has 0 N–H and O–H groups in total. The van der Waals surface area contributed by atoms with Crippen LogP contribution in [0.15, 0.2) is 43.1 Å². The van der Waals surface area contributed by atoms with E-state index in [-0.39, 0.29) is 0 Å². The zero-order valence-corrected chi connectivity index (χ0v) is 19.1. The van der Waals surface area contributed by atoms with Crippen molar-refractivity contribution in [2.75, 3.05) is 19.6 Å². The SMILES string of the molecule is C=C[N+](CCCCCC)(CCCCCC)CCCCCCCc1ccccc1. The van der Waals surface area contributed by atoms with Crippen molar-refractivity contribution < 1.29 is 4.48 Å². The van der Waals surface area contributed by atoms with Gasteiger partial charge >= 0.3 is 0 Å². The Bertz CT molecular complexity index is 452. The fourth-order valence-electron chi connectivity index (χ4n) is 4.25. The standard InChI is InChI=1S/C27H48N/c1-4-7-9-18-24-28(6-3,25-19-10-8-5-2)26-20-13-11-12-15-21-27-22-16-14-17-23-27/h6,14,16-17,22-23H,3-5,7-13,15,18-21,24-26H2,1-2H3/q+1. The Hall–Kier alpha value is -1.08. The predicted octanol–water partition coefficient (Wildman–Crippen LogP) is 8.30. The van der Waals surface area contributed by atoms with Crippen LogP contribution in [0.5, 0.6) is 0 Å². The van der Waals surface area contributed by atoms with Crippen LogP contribution in [0.4, 0.5) is 0 Å². The summed E-state index contributed by atoms with van der Waals surface area (Å²) in [4.78, 5) is 0. The van der Waals surface area contributed by atoms with Crippen molar-refractivity contribution in [2.45, 2.75) is 104 Å². The molecule has 0 saturated carbocycles. The molecule has 0 unspecified atom stereocenters. The van der Waals surface area contributed by atoms with Crippen molar-refractivity contribution in [3.8, 4) is 0 Å². The van der Waals surface area contributed by atoms with Crippen LogP contribution in [0.1, 0.15) is 103 Å². The molecule has 0 aliphatic heterocycles. The number of hydrogen-bond acceptors (Lipinski definition) is 0. The molecule has 0 amide bonds. The Morgan fingerprint density at radius 3 is 1.61 bits per heavy atom. The van der Waals surface area contributed by atoms with Gasteiger partial charge < -0.3 is 0 Å². The number of rotatable bonds is 19. The van der Waals surface area contributed by atoms with Gasteiger partial charge in [-0.2, -0.15) is 0 Å². The van der Waals surface area contributed by atoms with E-state index in [9.17, 15) is 0 Å². The van der Waals surface area contributed by atoms with Gasteiger partial charge in [0, 0.05) is 0 Å². The monoisotopic (exact) mass is 386 g/mol. The largest absolute Gasteiger partial charge is 0.298 e. The van der Waals surface area contributed by atoms with E-state index in [1.165, 1.54) is 115 Å². The van der Waals surface area contributed by atoms with Crippen molar-refractivity contribution in [2.24, 2.45) is 0 Å². The first kappa shape index (κ1) is 25.0. The van der Waals surface area contributed by atoms with Crippen LogP contribution in [-0.4, -0.2) is 24.1 Å². The minimum Gasteiger partial charge on any atom is -0.298 e. The molecule has 1 aromatic rings. The van der Waals surface area contributed by atoms with E-state index >= 15 is 0 Å². The zero-order valence-electron chi connectivity index (χ0n) is 19.1. The highest BCUT2D eigenvalue weighted by atomic mass is 15.3. The number of nitrogens with zero attached hydrogens (tertiary/aromatic N) is 1. The van der Waals surface area contributed by atoms with Crippen molar-refractivity contribution in [1.82, 2.24) is 0 Å². The highest BCUT2D eigenvalue weighted by Gasteiger charge is 2.22. The quantitative estimate of drug-likeness (QED) is 0.166. The van der Waals surface area contributed by atoms with Gasteiger partial charge in [0.15, 0.2) is 0 Å². The summed E-state index contributed by atoms with van der Waals surface area (Å²) in [5, 5.41) is 0. The van der Waals surface area contributed by atoms with E-state index in [0.29, 0.717) is 0 Å². The minimum absolute atomic E-state index is 1.16. The zero-order chi connectivity index (χ0) is 20.3. The number of unbranched alkanes of at least 4 members (excludes halogenated alkanes) is 10. The summed E-state index contributed by atoms with van der Waals surface area (Å²) in [7, 11) is 0. The molecule has 0 heterocycles. The fourth-order valence-corrected chi connectivity index (χ4v) is 4.25. The Morgan fingerprint density at radius 1 is 0.643 bits per heavy atom. The molecule has 0 aliphatic carbocycles. The molecule has 1 rings (SSSR count). The molecule has 160 valence electrons. The molecule has 0 spiro atoms. The molecule has 0 atom stereocenters. The number of benzene rings is 1. The highest BCUT2D eigenvalue weighted by molar-refractivity contribution is 5.14. The van der Waals surface area contributed by atoms with Crippen molar-refractivity contribution in [3.05, 3.63) is 48.7 Å². The lowest BCUT2D eigenvalue weighted by Crippen LogP contribution is -2.45. The van der Waals surface area contributed by atoms with Crippen LogP contribution in [0, 0.1) is 0 Å². The number of quaternary nitrogens is 1. The molecule has 0 bridgehead atoms. The van der Waals surface area contributed by atoms with Crippen LogP contribution >= 0.6 is 0 Å². The second-order valence-corrected chi connectivity index (χ2v) is 8.70. The summed E-state index contributed by atoms with van der Waals surface area (Å²) in [6.07, 6.45) is 21.3. The van der Waals surface area contributed by atoms with Gasteiger partial charge in [-0.15, -0.1) is 0 Å². The molecule has 1 aromatic carbocycles. The van der Waals surface area contributed by atoms with Gasteiger partial charge in [-0.3, -0.25) is 4.48 Å². The van der Waals surface area contributed by atoms with Gasteiger partial charge in [0.05, 0.1) is 25.8 Å². The summed E-state index contributed by atoms with van der Waals surface area (Å²) in [5.41, 5.74) is 1.49. The third-order valence-electron chi connectivity index (χ3n) is 6.21. The minimum atomic E-state index is 1.16. The normalized spacial score (nSPS) is 11.6. The van der Waals surface area contributed by atoms with Gasteiger partial charge in [0.1, 0.15) is 0 Å². The van der Waals surface area contributed by atoms with Gasteiger partial charge in [0.25, 0.3) is 0 Å². The van der Waals surface area contributed by atoms with Crippen LogP contribution in [0.3, 0.4) is 0 Å².